The Kier molecular flexibility index (Phi) is 3.97. The molecule has 0 amide bonds. The summed E-state index contributed by atoms with van der Waals surface area (Å²) in [5, 5.41) is 13.1. The van der Waals surface area contributed by atoms with Crippen molar-refractivity contribution in [3.05, 3.63) is 35.4 Å². The predicted molar refractivity (Wildman–Crippen MR) is 66.3 cm³/mol. The van der Waals surface area contributed by atoms with Crippen molar-refractivity contribution in [3.8, 4) is 0 Å². The lowest BCUT2D eigenvalue weighted by Gasteiger charge is -2.12. The van der Waals surface area contributed by atoms with Gasteiger partial charge in [-0.25, -0.2) is 0 Å². The molecule has 1 aromatic carbocycles. The average molecular weight is 219 g/mol. The van der Waals surface area contributed by atoms with E-state index in [4.69, 9.17) is 0 Å². The monoisotopic (exact) mass is 219 g/mol. The second kappa shape index (κ2) is 5.46. The molecule has 1 fully saturated rings. The lowest BCUT2D eigenvalue weighted by Crippen LogP contribution is -2.28. The van der Waals surface area contributed by atoms with Gasteiger partial charge in [0.25, 0.3) is 0 Å². The van der Waals surface area contributed by atoms with Gasteiger partial charge in [0.2, 0.25) is 0 Å². The predicted octanol–water partition coefficient (Wildman–Crippen LogP) is 2.11. The minimum Gasteiger partial charge on any atom is -0.392 e. The molecule has 2 rings (SSSR count). The first-order valence-corrected chi connectivity index (χ1v) is 6.26. The van der Waals surface area contributed by atoms with Gasteiger partial charge in [0.15, 0.2) is 0 Å². The Morgan fingerprint density at radius 1 is 1.31 bits per heavy atom. The Morgan fingerprint density at radius 2 is 2.00 bits per heavy atom. The molecule has 1 aromatic rings. The SMILES string of the molecule is CCc1ccccc1CNCC(O)C1CC1. The average Bonchev–Trinajstić information content (AvgIpc) is 3.13. The molecule has 0 bridgehead atoms. The molecule has 1 aliphatic carbocycles. The first-order valence-electron chi connectivity index (χ1n) is 6.26. The van der Waals surface area contributed by atoms with Crippen LogP contribution in [0.15, 0.2) is 24.3 Å². The van der Waals surface area contributed by atoms with Gasteiger partial charge in [-0.15, -0.1) is 0 Å². The zero-order valence-electron chi connectivity index (χ0n) is 9.95. The molecule has 1 saturated carbocycles. The number of rotatable bonds is 6. The molecule has 1 aliphatic rings. The van der Waals surface area contributed by atoms with Gasteiger partial charge in [-0.3, -0.25) is 0 Å². The maximum Gasteiger partial charge on any atom is 0.0692 e. The summed E-state index contributed by atoms with van der Waals surface area (Å²) >= 11 is 0. The molecule has 16 heavy (non-hydrogen) atoms. The van der Waals surface area contributed by atoms with E-state index in [1.165, 1.54) is 24.0 Å². The number of benzene rings is 1. The van der Waals surface area contributed by atoms with Crippen LogP contribution >= 0.6 is 0 Å². The van der Waals surface area contributed by atoms with Gasteiger partial charge >= 0.3 is 0 Å². The number of aryl methyl sites for hydroxylation is 1. The van der Waals surface area contributed by atoms with Crippen LogP contribution in [0.2, 0.25) is 0 Å². The van der Waals surface area contributed by atoms with E-state index in [0.717, 1.165) is 19.5 Å². The Bertz CT molecular complexity index is 333. The topological polar surface area (TPSA) is 32.3 Å². The van der Waals surface area contributed by atoms with Crippen molar-refractivity contribution in [3.63, 3.8) is 0 Å². The third-order valence-corrected chi connectivity index (χ3v) is 3.33. The smallest absolute Gasteiger partial charge is 0.0692 e. The van der Waals surface area contributed by atoms with E-state index in [9.17, 15) is 5.11 Å². The first-order chi connectivity index (χ1) is 7.81. The van der Waals surface area contributed by atoms with Gasteiger partial charge in [0.1, 0.15) is 0 Å². The summed E-state index contributed by atoms with van der Waals surface area (Å²) in [6.07, 6.45) is 3.33. The number of hydrogen-bond acceptors (Lipinski definition) is 2. The van der Waals surface area contributed by atoms with E-state index >= 15 is 0 Å². The summed E-state index contributed by atoms with van der Waals surface area (Å²) in [7, 11) is 0. The molecule has 0 aromatic heterocycles. The van der Waals surface area contributed by atoms with E-state index < -0.39 is 0 Å². The second-order valence-electron chi connectivity index (χ2n) is 4.66. The lowest BCUT2D eigenvalue weighted by atomic mass is 10.1. The summed E-state index contributed by atoms with van der Waals surface area (Å²) in [5.41, 5.74) is 2.75. The third-order valence-electron chi connectivity index (χ3n) is 3.33. The molecule has 0 aliphatic heterocycles. The fourth-order valence-corrected chi connectivity index (χ4v) is 2.08. The van der Waals surface area contributed by atoms with Crippen LogP contribution in [0.3, 0.4) is 0 Å². The molecule has 0 saturated heterocycles. The summed E-state index contributed by atoms with van der Waals surface area (Å²) in [5.74, 6) is 0.564. The lowest BCUT2D eigenvalue weighted by molar-refractivity contribution is 0.148. The van der Waals surface area contributed by atoms with Crippen LogP contribution in [-0.4, -0.2) is 17.8 Å². The Hall–Kier alpha value is -0.860. The van der Waals surface area contributed by atoms with Crippen molar-refractivity contribution in [1.29, 1.82) is 0 Å². The molecular formula is C14H21NO. The van der Waals surface area contributed by atoms with Gasteiger partial charge in [-0.2, -0.15) is 0 Å². The Balaban J connectivity index is 1.79. The maximum atomic E-state index is 9.73. The van der Waals surface area contributed by atoms with Gasteiger partial charge in [-0.1, -0.05) is 31.2 Å². The van der Waals surface area contributed by atoms with Crippen LogP contribution in [0.5, 0.6) is 0 Å². The van der Waals surface area contributed by atoms with E-state index in [1.54, 1.807) is 0 Å². The van der Waals surface area contributed by atoms with E-state index in [2.05, 4.69) is 36.5 Å². The van der Waals surface area contributed by atoms with Crippen LogP contribution in [0.4, 0.5) is 0 Å². The van der Waals surface area contributed by atoms with Crippen molar-refractivity contribution >= 4 is 0 Å². The molecule has 0 spiro atoms. The minimum atomic E-state index is -0.145. The second-order valence-corrected chi connectivity index (χ2v) is 4.66. The maximum absolute atomic E-state index is 9.73. The zero-order chi connectivity index (χ0) is 11.4. The fraction of sp³-hybridized carbons (Fsp3) is 0.571. The quantitative estimate of drug-likeness (QED) is 0.768. The minimum absolute atomic E-state index is 0.145. The molecule has 2 heteroatoms. The van der Waals surface area contributed by atoms with E-state index in [1.807, 2.05) is 0 Å². The Labute approximate surface area is 97.7 Å². The summed E-state index contributed by atoms with van der Waals surface area (Å²) in [4.78, 5) is 0. The van der Waals surface area contributed by atoms with Crippen molar-refractivity contribution < 1.29 is 5.11 Å². The molecular weight excluding hydrogens is 198 g/mol. The van der Waals surface area contributed by atoms with Crippen LogP contribution in [0.25, 0.3) is 0 Å². The summed E-state index contributed by atoms with van der Waals surface area (Å²) < 4.78 is 0. The van der Waals surface area contributed by atoms with Crippen molar-refractivity contribution in [2.75, 3.05) is 6.54 Å². The highest BCUT2D eigenvalue weighted by Gasteiger charge is 2.28. The molecule has 1 unspecified atom stereocenters. The normalized spacial score (nSPS) is 17.4. The molecule has 0 heterocycles. The fourth-order valence-electron chi connectivity index (χ4n) is 2.08. The molecule has 2 nitrogen and oxygen atoms in total. The van der Waals surface area contributed by atoms with Crippen LogP contribution < -0.4 is 5.32 Å². The van der Waals surface area contributed by atoms with Gasteiger partial charge in [0, 0.05) is 13.1 Å². The number of aliphatic hydroxyl groups excluding tert-OH is 1. The highest BCUT2D eigenvalue weighted by molar-refractivity contribution is 5.26. The van der Waals surface area contributed by atoms with E-state index in [0.29, 0.717) is 5.92 Å². The van der Waals surface area contributed by atoms with Crippen LogP contribution in [0, 0.1) is 5.92 Å². The van der Waals surface area contributed by atoms with Crippen molar-refractivity contribution in [2.45, 2.75) is 38.8 Å². The molecule has 1 atom stereocenters. The van der Waals surface area contributed by atoms with Crippen LogP contribution in [-0.2, 0) is 13.0 Å². The van der Waals surface area contributed by atoms with Gasteiger partial charge in [-0.05, 0) is 36.3 Å². The number of aliphatic hydroxyl groups is 1. The number of nitrogens with one attached hydrogen (secondary N) is 1. The molecule has 88 valence electrons. The zero-order valence-corrected chi connectivity index (χ0v) is 9.95. The third kappa shape index (κ3) is 3.06. The molecule has 2 N–H and O–H groups in total. The highest BCUT2D eigenvalue weighted by atomic mass is 16.3. The van der Waals surface area contributed by atoms with Crippen molar-refractivity contribution in [2.24, 2.45) is 5.92 Å². The van der Waals surface area contributed by atoms with Crippen LogP contribution in [0.1, 0.15) is 30.9 Å². The Morgan fingerprint density at radius 3 is 2.62 bits per heavy atom. The standard InChI is InChI=1S/C14H21NO/c1-2-11-5-3-4-6-13(11)9-15-10-14(16)12-7-8-12/h3-6,12,14-16H,2,7-10H2,1H3. The largest absolute Gasteiger partial charge is 0.392 e. The summed E-state index contributed by atoms with van der Waals surface area (Å²) in [6, 6.07) is 8.50. The number of hydrogen-bond donors (Lipinski definition) is 2. The molecule has 0 radical (unpaired) electrons. The van der Waals surface area contributed by atoms with Gasteiger partial charge in [0.05, 0.1) is 6.10 Å². The first kappa shape index (κ1) is 11.6. The van der Waals surface area contributed by atoms with Gasteiger partial charge < -0.3 is 10.4 Å². The van der Waals surface area contributed by atoms with Crippen molar-refractivity contribution in [1.82, 2.24) is 5.32 Å². The summed E-state index contributed by atoms with van der Waals surface area (Å²) in [6.45, 7) is 3.77. The van der Waals surface area contributed by atoms with E-state index in [-0.39, 0.29) is 6.10 Å². The highest BCUT2D eigenvalue weighted by Crippen LogP contribution is 2.32.